The number of rotatable bonds is 11. The monoisotopic (exact) mass is 736 g/mol. The summed E-state index contributed by atoms with van der Waals surface area (Å²) in [4.78, 5) is 31.2. The summed E-state index contributed by atoms with van der Waals surface area (Å²) in [6.45, 7) is 2.63. The third-order valence-corrected chi connectivity index (χ3v) is 11.1. The molecule has 2 aromatic carbocycles. The molecule has 1 N–H and O–H groups in total. The van der Waals surface area contributed by atoms with E-state index >= 15 is 0 Å². The molecule has 1 amide bonds. The number of aromatic carboxylic acids is 1. The summed E-state index contributed by atoms with van der Waals surface area (Å²) in [5, 5.41) is 32.4. The van der Waals surface area contributed by atoms with Crippen LogP contribution in [0.25, 0.3) is 0 Å². The van der Waals surface area contributed by atoms with Crippen LogP contribution in [0.15, 0.2) is 60.9 Å². The highest BCUT2D eigenvalue weighted by Crippen LogP contribution is 2.41. The minimum atomic E-state index is -1.16. The summed E-state index contributed by atoms with van der Waals surface area (Å²) < 4.78 is 17.6. The van der Waals surface area contributed by atoms with E-state index in [1.165, 1.54) is 31.5 Å². The number of hydrogen-bond donors (Lipinski definition) is 1. The Bertz CT molecular complexity index is 1930. The number of benzene rings is 2. The smallest absolute Gasteiger partial charge is 0.414 e. The number of fused-ring (bicyclic) bond motifs is 3. The highest BCUT2D eigenvalue weighted by atomic mass is 35.5. The van der Waals surface area contributed by atoms with Crippen molar-refractivity contribution in [2.75, 3.05) is 38.8 Å². The SMILES string of the molecule is COc1ccc([C@H](Cc2c(Cl)c[n+]([O-])cc2Cl)c2cc(CN(C(=O)O[C@H]3CN4CCC3CC4)c3cccc(C#N)c3)sc2C(=O)O)cc1OC. The van der Waals surface area contributed by atoms with Crippen LogP contribution in [0, 0.1) is 22.5 Å². The van der Waals surface area contributed by atoms with Crippen LogP contribution in [-0.4, -0.2) is 62.0 Å². The number of carbonyl (C=O) groups excluding carboxylic acids is 1. The number of piperidine rings is 3. The highest BCUT2D eigenvalue weighted by molar-refractivity contribution is 7.14. The second-order valence-electron chi connectivity index (χ2n) is 12.3. The molecule has 14 heteroatoms. The molecule has 7 rings (SSSR count). The fourth-order valence-corrected chi connectivity index (χ4v) is 8.41. The maximum absolute atomic E-state index is 14.0. The first-order chi connectivity index (χ1) is 24.1. The van der Waals surface area contributed by atoms with Gasteiger partial charge in [0, 0.05) is 28.6 Å². The zero-order chi connectivity index (χ0) is 35.5. The van der Waals surface area contributed by atoms with E-state index < -0.39 is 18.0 Å². The zero-order valence-electron chi connectivity index (χ0n) is 27.3. The minimum absolute atomic E-state index is 0.0125. The van der Waals surface area contributed by atoms with Crippen LogP contribution < -0.4 is 19.1 Å². The number of ether oxygens (including phenoxy) is 3. The van der Waals surface area contributed by atoms with Crippen LogP contribution in [0.3, 0.4) is 0 Å². The van der Waals surface area contributed by atoms with Gasteiger partial charge in [-0.3, -0.25) is 9.80 Å². The first-order valence-electron chi connectivity index (χ1n) is 15.9. The van der Waals surface area contributed by atoms with Gasteiger partial charge in [-0.05, 0) is 85.8 Å². The summed E-state index contributed by atoms with van der Waals surface area (Å²) in [6, 6.07) is 15.8. The predicted octanol–water partition coefficient (Wildman–Crippen LogP) is 6.89. The van der Waals surface area contributed by atoms with E-state index in [-0.39, 0.29) is 39.9 Å². The molecule has 3 saturated heterocycles. The largest absolute Gasteiger partial charge is 0.619 e. The number of thiophene rings is 1. The van der Waals surface area contributed by atoms with E-state index in [4.69, 9.17) is 37.4 Å². The number of halogens is 2. The molecule has 3 fully saturated rings. The van der Waals surface area contributed by atoms with Crippen LogP contribution in [0.4, 0.5) is 10.5 Å². The Balaban J connectivity index is 1.41. The Kier molecular flexibility index (Phi) is 10.7. The first-order valence-corrected chi connectivity index (χ1v) is 17.5. The zero-order valence-corrected chi connectivity index (χ0v) is 29.6. The van der Waals surface area contributed by atoms with E-state index in [9.17, 15) is 25.2 Å². The average Bonchev–Trinajstić information content (AvgIpc) is 3.54. The number of carboxylic acid groups (broad SMARTS) is 1. The number of hydrogen-bond acceptors (Lipinski definition) is 9. The van der Waals surface area contributed by atoms with Gasteiger partial charge in [0.25, 0.3) is 0 Å². The van der Waals surface area contributed by atoms with Gasteiger partial charge in [0.05, 0.1) is 32.4 Å². The summed E-state index contributed by atoms with van der Waals surface area (Å²) >= 11 is 14.1. The van der Waals surface area contributed by atoms with E-state index in [2.05, 4.69) is 11.0 Å². The topological polar surface area (TPSA) is 139 Å². The third-order valence-electron chi connectivity index (χ3n) is 9.33. The van der Waals surface area contributed by atoms with Crippen molar-refractivity contribution in [2.45, 2.75) is 37.8 Å². The number of amides is 1. The number of anilines is 1. The van der Waals surface area contributed by atoms with Crippen molar-refractivity contribution >= 4 is 52.3 Å². The molecular formula is C36H34Cl2N4O7S. The molecule has 11 nitrogen and oxygen atoms in total. The number of methoxy groups -OCH3 is 2. The van der Waals surface area contributed by atoms with Crippen molar-refractivity contribution in [1.82, 2.24) is 4.90 Å². The summed E-state index contributed by atoms with van der Waals surface area (Å²) in [6.07, 6.45) is 3.61. The lowest BCUT2D eigenvalue weighted by Gasteiger charge is -2.44. The molecule has 0 spiro atoms. The van der Waals surface area contributed by atoms with Crippen molar-refractivity contribution in [1.29, 1.82) is 5.26 Å². The molecule has 0 saturated carbocycles. The number of aromatic nitrogens is 1. The fraction of sp³-hybridized carbons (Fsp3) is 0.333. The Morgan fingerprint density at radius 3 is 2.44 bits per heavy atom. The minimum Gasteiger partial charge on any atom is -0.619 e. The fourth-order valence-electron chi connectivity index (χ4n) is 6.77. The summed E-state index contributed by atoms with van der Waals surface area (Å²) in [5.41, 5.74) is 2.41. The first kappa shape index (κ1) is 35.3. The number of nitriles is 1. The summed E-state index contributed by atoms with van der Waals surface area (Å²) in [7, 11) is 3.02. The van der Waals surface area contributed by atoms with Crippen molar-refractivity contribution in [3.8, 4) is 17.6 Å². The lowest BCUT2D eigenvalue weighted by Crippen LogP contribution is -2.53. The van der Waals surface area contributed by atoms with Gasteiger partial charge in [-0.15, -0.1) is 11.3 Å². The second-order valence-corrected chi connectivity index (χ2v) is 14.2. The van der Waals surface area contributed by atoms with Gasteiger partial charge >= 0.3 is 12.1 Å². The maximum atomic E-state index is 14.0. The molecule has 2 aromatic heterocycles. The van der Waals surface area contributed by atoms with Crippen molar-refractivity contribution in [3.05, 3.63) is 108 Å². The lowest BCUT2D eigenvalue weighted by atomic mass is 9.85. The molecule has 260 valence electrons. The number of nitrogens with zero attached hydrogens (tertiary/aromatic N) is 4. The van der Waals surface area contributed by atoms with Crippen LogP contribution in [0.5, 0.6) is 11.5 Å². The third kappa shape index (κ3) is 7.46. The molecule has 3 aliphatic heterocycles. The lowest BCUT2D eigenvalue weighted by molar-refractivity contribution is -0.605. The standard InChI is InChI=1S/C36H34Cl2N4O7S/c1-47-31-7-6-23(13-32(31)48-2)26(15-28-29(37)18-41(46)19-30(28)38)27-14-25(50-34(27)35(43)44)17-42(24-5-3-4-21(12-24)16-39)36(45)49-33-20-40-10-8-22(33)9-11-40/h3-7,12-14,18-19,22,26,33H,8-11,15,17,20H2,1-2H3,(H,43,44)/t26-,33-/m0/s1. The molecule has 5 heterocycles. The van der Waals surface area contributed by atoms with Gasteiger partial charge in [-0.2, -0.15) is 9.99 Å². The van der Waals surface area contributed by atoms with Gasteiger partial charge < -0.3 is 24.5 Å². The van der Waals surface area contributed by atoms with Crippen LogP contribution >= 0.6 is 34.5 Å². The normalized spacial score (nSPS) is 18.6. The Morgan fingerprint density at radius 2 is 1.82 bits per heavy atom. The quantitative estimate of drug-likeness (QED) is 0.129. The Morgan fingerprint density at radius 1 is 1.10 bits per heavy atom. The number of carbonyl (C=O) groups is 2. The molecule has 3 aliphatic rings. The van der Waals surface area contributed by atoms with Crippen LogP contribution in [-0.2, 0) is 17.7 Å². The maximum Gasteiger partial charge on any atom is 0.414 e. The molecule has 2 bridgehead atoms. The van der Waals surface area contributed by atoms with E-state index in [0.29, 0.717) is 55.6 Å². The van der Waals surface area contributed by atoms with Gasteiger partial charge in [0.15, 0.2) is 23.9 Å². The molecule has 4 aromatic rings. The average molecular weight is 738 g/mol. The Labute approximate surface area is 303 Å². The Hall–Kier alpha value is -4.54. The van der Waals surface area contributed by atoms with Crippen LogP contribution in [0.1, 0.15) is 55.6 Å². The van der Waals surface area contributed by atoms with Crippen LogP contribution in [0.2, 0.25) is 10.0 Å². The van der Waals surface area contributed by atoms with Crippen molar-refractivity contribution < 1.29 is 33.6 Å². The van der Waals surface area contributed by atoms with Gasteiger partial charge in [0.1, 0.15) is 21.0 Å². The van der Waals surface area contributed by atoms with Gasteiger partial charge in [-0.1, -0.05) is 35.3 Å². The number of carboxylic acids is 1. The highest BCUT2D eigenvalue weighted by Gasteiger charge is 2.38. The molecule has 0 radical (unpaired) electrons. The predicted molar refractivity (Wildman–Crippen MR) is 189 cm³/mol. The number of pyridine rings is 1. The molecule has 50 heavy (non-hydrogen) atoms. The molecular weight excluding hydrogens is 703 g/mol. The molecule has 2 atom stereocenters. The molecule has 0 unspecified atom stereocenters. The molecule has 0 aliphatic carbocycles. The second kappa shape index (κ2) is 15.1. The van der Waals surface area contributed by atoms with E-state index in [1.807, 2.05) is 0 Å². The van der Waals surface area contributed by atoms with Crippen molar-refractivity contribution in [2.24, 2.45) is 5.92 Å². The van der Waals surface area contributed by atoms with E-state index in [1.54, 1.807) is 48.5 Å². The van der Waals surface area contributed by atoms with Crippen molar-refractivity contribution in [3.63, 3.8) is 0 Å². The van der Waals surface area contributed by atoms with Gasteiger partial charge in [-0.25, -0.2) is 9.59 Å². The summed E-state index contributed by atoms with van der Waals surface area (Å²) in [5.74, 6) is -0.587. The van der Waals surface area contributed by atoms with E-state index in [0.717, 1.165) is 37.3 Å². The van der Waals surface area contributed by atoms with Gasteiger partial charge in [0.2, 0.25) is 0 Å².